The molecule has 4 nitrogen and oxygen atoms in total. The van der Waals surface area contributed by atoms with Crippen LogP contribution in [0, 0.1) is 5.41 Å². The van der Waals surface area contributed by atoms with Crippen LogP contribution in [0.5, 0.6) is 0 Å². The number of aromatic nitrogens is 1. The quantitative estimate of drug-likeness (QED) is 0.748. The van der Waals surface area contributed by atoms with Crippen LogP contribution in [0.15, 0.2) is 48.5 Å². The highest BCUT2D eigenvalue weighted by atomic mass is 35.5. The molecule has 1 aromatic heterocycles. The fraction of sp³-hybridized carbons (Fsp3) is 0.118. The van der Waals surface area contributed by atoms with Crippen LogP contribution in [0.3, 0.4) is 0 Å². The Hall–Kier alpha value is -2.24. The van der Waals surface area contributed by atoms with Crippen molar-refractivity contribution in [1.29, 1.82) is 5.41 Å². The van der Waals surface area contributed by atoms with Gasteiger partial charge in [-0.25, -0.2) is 4.98 Å². The monoisotopic (exact) mass is 341 g/mol. The standard InChI is InChI=1S/C17H12ClN3OS/c18-10-5-7-11(8-6-10)21-15(22)9-12(16(21)19)17-20-13-3-1-2-4-14(13)23-17/h1-8,12,19H,9H2. The van der Waals surface area contributed by atoms with Crippen molar-refractivity contribution in [1.82, 2.24) is 4.98 Å². The summed E-state index contributed by atoms with van der Waals surface area (Å²) < 4.78 is 1.08. The minimum absolute atomic E-state index is 0.0819. The van der Waals surface area contributed by atoms with Crippen LogP contribution >= 0.6 is 22.9 Å². The van der Waals surface area contributed by atoms with E-state index in [1.165, 1.54) is 4.90 Å². The second-order valence-electron chi connectivity index (χ2n) is 5.37. The molecule has 0 bridgehead atoms. The highest BCUT2D eigenvalue weighted by Gasteiger charge is 2.39. The van der Waals surface area contributed by atoms with Crippen molar-refractivity contribution >= 4 is 50.6 Å². The molecular formula is C17H12ClN3OS. The van der Waals surface area contributed by atoms with Crippen LogP contribution in [0.2, 0.25) is 5.02 Å². The normalized spacial score (nSPS) is 18.1. The summed E-state index contributed by atoms with van der Waals surface area (Å²) in [6.45, 7) is 0. The van der Waals surface area contributed by atoms with Crippen LogP contribution in [0.1, 0.15) is 17.3 Å². The van der Waals surface area contributed by atoms with Crippen LogP contribution in [-0.2, 0) is 4.79 Å². The van der Waals surface area contributed by atoms with Crippen LogP contribution in [0.25, 0.3) is 10.2 Å². The van der Waals surface area contributed by atoms with Crippen LogP contribution in [-0.4, -0.2) is 16.7 Å². The summed E-state index contributed by atoms with van der Waals surface area (Å²) in [6.07, 6.45) is 0.279. The lowest BCUT2D eigenvalue weighted by molar-refractivity contribution is -0.116. The summed E-state index contributed by atoms with van der Waals surface area (Å²) in [6, 6.07) is 14.8. The molecule has 1 aliphatic rings. The van der Waals surface area contributed by atoms with E-state index in [4.69, 9.17) is 17.0 Å². The van der Waals surface area contributed by atoms with Gasteiger partial charge in [0.2, 0.25) is 5.91 Å². The lowest BCUT2D eigenvalue weighted by Gasteiger charge is -2.17. The molecule has 1 unspecified atom stereocenters. The van der Waals surface area contributed by atoms with Gasteiger partial charge in [0.15, 0.2) is 0 Å². The molecule has 1 fully saturated rings. The smallest absolute Gasteiger partial charge is 0.233 e. The van der Waals surface area contributed by atoms with E-state index in [1.807, 2.05) is 24.3 Å². The number of amidine groups is 1. The number of para-hydroxylation sites is 1. The minimum Gasteiger partial charge on any atom is -0.287 e. The fourth-order valence-corrected chi connectivity index (χ4v) is 3.97. The summed E-state index contributed by atoms with van der Waals surface area (Å²) in [7, 11) is 0. The number of benzene rings is 2. The van der Waals surface area contributed by atoms with Crippen molar-refractivity contribution < 1.29 is 4.79 Å². The summed E-state index contributed by atoms with van der Waals surface area (Å²) in [5.41, 5.74) is 1.59. The van der Waals surface area contributed by atoms with Crippen molar-refractivity contribution in [3.8, 4) is 0 Å². The minimum atomic E-state index is -0.282. The second-order valence-corrected chi connectivity index (χ2v) is 6.87. The number of hydrogen-bond acceptors (Lipinski definition) is 4. The molecule has 23 heavy (non-hydrogen) atoms. The maximum absolute atomic E-state index is 12.4. The molecule has 1 aliphatic heterocycles. The average Bonchev–Trinajstić information content (AvgIpc) is 3.09. The predicted octanol–water partition coefficient (Wildman–Crippen LogP) is 4.45. The van der Waals surface area contributed by atoms with Gasteiger partial charge in [-0.15, -0.1) is 11.3 Å². The number of thiazole rings is 1. The summed E-state index contributed by atoms with van der Waals surface area (Å²) in [4.78, 5) is 18.4. The Kier molecular flexibility index (Phi) is 3.39. The zero-order chi connectivity index (χ0) is 16.0. The molecule has 0 saturated carbocycles. The Morgan fingerprint density at radius 1 is 1.17 bits per heavy atom. The van der Waals surface area contributed by atoms with E-state index in [0.29, 0.717) is 10.7 Å². The van der Waals surface area contributed by atoms with Gasteiger partial charge in [0.25, 0.3) is 0 Å². The first kappa shape index (κ1) is 14.4. The molecule has 3 aromatic rings. The number of fused-ring (bicyclic) bond motifs is 1. The summed E-state index contributed by atoms with van der Waals surface area (Å²) in [5.74, 6) is -0.0893. The van der Waals surface area contributed by atoms with Gasteiger partial charge in [0.1, 0.15) is 10.8 Å². The third kappa shape index (κ3) is 2.42. The molecule has 114 valence electrons. The average molecular weight is 342 g/mol. The van der Waals surface area contributed by atoms with E-state index >= 15 is 0 Å². The van der Waals surface area contributed by atoms with Gasteiger partial charge in [-0.1, -0.05) is 23.7 Å². The molecule has 2 aromatic carbocycles. The lowest BCUT2D eigenvalue weighted by atomic mass is 10.1. The molecule has 2 heterocycles. The number of nitrogens with one attached hydrogen (secondary N) is 1. The Morgan fingerprint density at radius 2 is 1.91 bits per heavy atom. The largest absolute Gasteiger partial charge is 0.287 e. The highest BCUT2D eigenvalue weighted by Crippen LogP contribution is 2.37. The van der Waals surface area contributed by atoms with Gasteiger partial charge in [0, 0.05) is 11.4 Å². The van der Waals surface area contributed by atoms with E-state index in [0.717, 1.165) is 15.2 Å². The predicted molar refractivity (Wildman–Crippen MR) is 93.6 cm³/mol. The molecule has 4 rings (SSSR count). The molecule has 0 radical (unpaired) electrons. The zero-order valence-electron chi connectivity index (χ0n) is 12.0. The number of rotatable bonds is 2. The number of amides is 1. The highest BCUT2D eigenvalue weighted by molar-refractivity contribution is 7.18. The number of carbonyl (C=O) groups excluding carboxylic acids is 1. The first-order valence-corrected chi connectivity index (χ1v) is 8.35. The topological polar surface area (TPSA) is 57.1 Å². The van der Waals surface area contributed by atoms with Crippen LogP contribution in [0.4, 0.5) is 5.69 Å². The number of anilines is 1. The first-order valence-electron chi connectivity index (χ1n) is 7.16. The number of nitrogens with zero attached hydrogens (tertiary/aromatic N) is 2. The molecule has 6 heteroatoms. The van der Waals surface area contributed by atoms with Gasteiger partial charge < -0.3 is 0 Å². The molecule has 0 aliphatic carbocycles. The Balaban J connectivity index is 1.70. The van der Waals surface area contributed by atoms with Gasteiger partial charge in [-0.2, -0.15) is 0 Å². The molecule has 1 amide bonds. The van der Waals surface area contributed by atoms with E-state index in [-0.39, 0.29) is 24.1 Å². The van der Waals surface area contributed by atoms with E-state index in [1.54, 1.807) is 35.6 Å². The van der Waals surface area contributed by atoms with E-state index < -0.39 is 0 Å². The summed E-state index contributed by atoms with van der Waals surface area (Å²) in [5, 5.41) is 9.86. The maximum Gasteiger partial charge on any atom is 0.233 e. The maximum atomic E-state index is 12.4. The van der Waals surface area contributed by atoms with Crippen molar-refractivity contribution in [2.45, 2.75) is 12.3 Å². The Labute approximate surface area is 141 Å². The number of carbonyl (C=O) groups is 1. The van der Waals surface area contributed by atoms with E-state index in [9.17, 15) is 4.79 Å². The Morgan fingerprint density at radius 3 is 2.65 bits per heavy atom. The first-order chi connectivity index (χ1) is 11.1. The van der Waals surface area contributed by atoms with Gasteiger partial charge in [-0.3, -0.25) is 15.1 Å². The van der Waals surface area contributed by atoms with Gasteiger partial charge >= 0.3 is 0 Å². The lowest BCUT2D eigenvalue weighted by Crippen LogP contribution is -2.29. The second kappa shape index (κ2) is 5.44. The fourth-order valence-electron chi connectivity index (χ4n) is 2.77. The third-order valence-corrected chi connectivity index (χ3v) is 5.29. The van der Waals surface area contributed by atoms with Crippen LogP contribution < -0.4 is 4.90 Å². The van der Waals surface area contributed by atoms with Gasteiger partial charge in [-0.05, 0) is 36.4 Å². The molecular weight excluding hydrogens is 330 g/mol. The summed E-state index contributed by atoms with van der Waals surface area (Å²) >= 11 is 7.44. The van der Waals surface area contributed by atoms with Crippen molar-refractivity contribution in [3.05, 3.63) is 58.6 Å². The zero-order valence-corrected chi connectivity index (χ0v) is 13.6. The molecule has 1 atom stereocenters. The van der Waals surface area contributed by atoms with Crippen molar-refractivity contribution in [2.24, 2.45) is 0 Å². The number of halogens is 1. The molecule has 1 N–H and O–H groups in total. The number of hydrogen-bond donors (Lipinski definition) is 1. The van der Waals surface area contributed by atoms with Crippen molar-refractivity contribution in [3.63, 3.8) is 0 Å². The molecule has 0 spiro atoms. The van der Waals surface area contributed by atoms with Crippen molar-refractivity contribution in [2.75, 3.05) is 4.90 Å². The third-order valence-electron chi connectivity index (χ3n) is 3.89. The Bertz CT molecular complexity index is 886. The SMILES string of the molecule is N=C1C(c2nc3ccccc3s2)CC(=O)N1c1ccc(Cl)cc1. The van der Waals surface area contributed by atoms with E-state index in [2.05, 4.69) is 4.98 Å². The van der Waals surface area contributed by atoms with Gasteiger partial charge in [0.05, 0.1) is 21.8 Å². The molecule has 1 saturated heterocycles.